The molecule has 0 atom stereocenters. The molecule has 0 nitrogen and oxygen atoms in total. The Morgan fingerprint density at radius 2 is 1.10 bits per heavy atom. The van der Waals surface area contributed by atoms with Crippen LogP contribution in [0.15, 0.2) is 66.7 Å². The molecule has 3 aromatic carbocycles. The lowest BCUT2D eigenvalue weighted by molar-refractivity contribution is 1.37. The van der Waals surface area contributed by atoms with Crippen LogP contribution >= 0.6 is 0 Å². The Morgan fingerprint density at radius 3 is 1.70 bits per heavy atom. The molecule has 0 aromatic heterocycles. The van der Waals surface area contributed by atoms with E-state index in [0.717, 1.165) is 0 Å². The highest BCUT2D eigenvalue weighted by Gasteiger charge is 2.05. The molecule has 0 amide bonds. The molecule has 20 heavy (non-hydrogen) atoms. The highest BCUT2D eigenvalue weighted by atomic mass is 14.1. The van der Waals surface area contributed by atoms with Gasteiger partial charge < -0.3 is 0 Å². The lowest BCUT2D eigenvalue weighted by atomic mass is 9.94. The van der Waals surface area contributed by atoms with Crippen LogP contribution in [0.1, 0.15) is 11.1 Å². The number of aryl methyl sites for hydroxylation is 2. The fourth-order valence-corrected chi connectivity index (χ4v) is 2.66. The van der Waals surface area contributed by atoms with Gasteiger partial charge in [0.15, 0.2) is 0 Å². The maximum Gasteiger partial charge on any atom is -0.0125 e. The minimum Gasteiger partial charge on any atom is -0.0622 e. The number of hydrogen-bond donors (Lipinski definition) is 0. The molecule has 0 bridgehead atoms. The fraction of sp³-hybridized carbons (Fsp3) is 0.100. The van der Waals surface area contributed by atoms with E-state index in [0.29, 0.717) is 0 Å². The zero-order chi connectivity index (χ0) is 13.9. The summed E-state index contributed by atoms with van der Waals surface area (Å²) in [4.78, 5) is 0. The van der Waals surface area contributed by atoms with Crippen LogP contribution in [-0.4, -0.2) is 0 Å². The first-order chi connectivity index (χ1) is 9.75. The summed E-state index contributed by atoms with van der Waals surface area (Å²) in [5.74, 6) is 0. The number of benzene rings is 3. The molecular formula is C20H17. The van der Waals surface area contributed by atoms with Crippen molar-refractivity contribution in [2.45, 2.75) is 13.8 Å². The zero-order valence-electron chi connectivity index (χ0n) is 11.9. The summed E-state index contributed by atoms with van der Waals surface area (Å²) >= 11 is 0. The average Bonchev–Trinajstić information content (AvgIpc) is 2.49. The van der Waals surface area contributed by atoms with E-state index in [2.05, 4.69) is 68.4 Å². The highest BCUT2D eigenvalue weighted by Crippen LogP contribution is 2.29. The molecule has 0 spiro atoms. The van der Waals surface area contributed by atoms with Gasteiger partial charge in [0, 0.05) is 0 Å². The van der Waals surface area contributed by atoms with E-state index in [9.17, 15) is 0 Å². The Morgan fingerprint density at radius 1 is 0.600 bits per heavy atom. The Kier molecular flexibility index (Phi) is 3.39. The van der Waals surface area contributed by atoms with Crippen LogP contribution in [0.5, 0.6) is 0 Å². The van der Waals surface area contributed by atoms with Gasteiger partial charge in [-0.25, -0.2) is 0 Å². The molecule has 0 aliphatic carbocycles. The molecule has 0 N–H and O–H groups in total. The topological polar surface area (TPSA) is 0 Å². The third-order valence-electron chi connectivity index (χ3n) is 3.67. The van der Waals surface area contributed by atoms with E-state index < -0.39 is 0 Å². The zero-order valence-corrected chi connectivity index (χ0v) is 11.9. The normalized spacial score (nSPS) is 10.5. The minimum absolute atomic E-state index is 1.26. The summed E-state index contributed by atoms with van der Waals surface area (Å²) in [6.45, 7) is 4.29. The van der Waals surface area contributed by atoms with Gasteiger partial charge in [0.2, 0.25) is 0 Å². The number of hydrogen-bond acceptors (Lipinski definition) is 0. The average molecular weight is 257 g/mol. The monoisotopic (exact) mass is 257 g/mol. The summed E-state index contributed by atoms with van der Waals surface area (Å²) in [5.41, 5.74) is 7.66. The first kappa shape index (κ1) is 12.7. The van der Waals surface area contributed by atoms with Crippen molar-refractivity contribution >= 4 is 0 Å². The largest absolute Gasteiger partial charge is 0.0622 e. The van der Waals surface area contributed by atoms with Gasteiger partial charge in [-0.05, 0) is 53.3 Å². The molecule has 97 valence electrons. The molecule has 0 saturated carbocycles. The molecule has 0 saturated heterocycles. The maximum absolute atomic E-state index is 3.18. The van der Waals surface area contributed by atoms with Crippen molar-refractivity contribution in [3.63, 3.8) is 0 Å². The Hall–Kier alpha value is -2.34. The smallest absolute Gasteiger partial charge is 0.0125 e. The molecule has 3 aromatic rings. The standard InChI is InChI=1S/C20H17/c1-15-7-6-8-16(2)20(15)19-13-11-18(12-14-19)17-9-4-3-5-10-17/h3-5,7-14H,1-2H3. The van der Waals surface area contributed by atoms with Crippen LogP contribution in [0, 0.1) is 19.9 Å². The van der Waals surface area contributed by atoms with E-state index >= 15 is 0 Å². The fourth-order valence-electron chi connectivity index (χ4n) is 2.66. The van der Waals surface area contributed by atoms with Crippen molar-refractivity contribution in [2.75, 3.05) is 0 Å². The third-order valence-corrected chi connectivity index (χ3v) is 3.67. The van der Waals surface area contributed by atoms with Crippen molar-refractivity contribution in [3.8, 4) is 22.3 Å². The van der Waals surface area contributed by atoms with Crippen LogP contribution < -0.4 is 0 Å². The van der Waals surface area contributed by atoms with Gasteiger partial charge in [-0.15, -0.1) is 0 Å². The maximum atomic E-state index is 3.18. The van der Waals surface area contributed by atoms with Gasteiger partial charge in [-0.3, -0.25) is 0 Å². The molecule has 0 unspecified atom stereocenters. The molecule has 0 aliphatic heterocycles. The molecule has 3 rings (SSSR count). The second kappa shape index (κ2) is 5.34. The van der Waals surface area contributed by atoms with Gasteiger partial charge in [0.05, 0.1) is 0 Å². The van der Waals surface area contributed by atoms with E-state index in [4.69, 9.17) is 0 Å². The molecule has 0 fully saturated rings. The van der Waals surface area contributed by atoms with E-state index in [1.165, 1.54) is 33.4 Å². The first-order valence-electron chi connectivity index (χ1n) is 6.89. The van der Waals surface area contributed by atoms with Crippen molar-refractivity contribution in [2.24, 2.45) is 0 Å². The summed E-state index contributed by atoms with van der Waals surface area (Å²) < 4.78 is 0. The lowest BCUT2D eigenvalue weighted by Gasteiger charge is -2.10. The summed E-state index contributed by atoms with van der Waals surface area (Å²) in [7, 11) is 0. The summed E-state index contributed by atoms with van der Waals surface area (Å²) in [5, 5.41) is 0. The first-order valence-corrected chi connectivity index (χ1v) is 6.89. The predicted octanol–water partition coefficient (Wildman–Crippen LogP) is 5.44. The number of rotatable bonds is 2. The lowest BCUT2D eigenvalue weighted by Crippen LogP contribution is -1.88. The summed E-state index contributed by atoms with van der Waals surface area (Å²) in [6, 6.07) is 26.6. The van der Waals surface area contributed by atoms with Crippen molar-refractivity contribution < 1.29 is 0 Å². The Labute approximate surface area is 120 Å². The van der Waals surface area contributed by atoms with Crippen LogP contribution in [-0.2, 0) is 0 Å². The van der Waals surface area contributed by atoms with E-state index in [-0.39, 0.29) is 0 Å². The van der Waals surface area contributed by atoms with Crippen LogP contribution in [0.2, 0.25) is 0 Å². The van der Waals surface area contributed by atoms with E-state index in [1.807, 2.05) is 18.2 Å². The second-order valence-electron chi connectivity index (χ2n) is 5.14. The highest BCUT2D eigenvalue weighted by molar-refractivity contribution is 5.74. The van der Waals surface area contributed by atoms with Gasteiger partial charge in [0.1, 0.15) is 0 Å². The molecule has 0 aliphatic rings. The second-order valence-corrected chi connectivity index (χ2v) is 5.14. The quantitative estimate of drug-likeness (QED) is 0.573. The Balaban J connectivity index is 2.02. The van der Waals surface area contributed by atoms with Gasteiger partial charge in [0.25, 0.3) is 0 Å². The van der Waals surface area contributed by atoms with Crippen molar-refractivity contribution in [1.82, 2.24) is 0 Å². The van der Waals surface area contributed by atoms with E-state index in [1.54, 1.807) is 0 Å². The molecule has 0 heterocycles. The Bertz CT molecular complexity index is 687. The van der Waals surface area contributed by atoms with Gasteiger partial charge >= 0.3 is 0 Å². The van der Waals surface area contributed by atoms with Crippen molar-refractivity contribution in [3.05, 3.63) is 83.9 Å². The summed E-state index contributed by atoms with van der Waals surface area (Å²) in [6.07, 6.45) is 0. The SMILES string of the molecule is Cc1c[c]cc(C)c1-c1ccc(-c2ccccc2)cc1. The molecule has 0 heteroatoms. The van der Waals surface area contributed by atoms with Gasteiger partial charge in [-0.1, -0.05) is 66.7 Å². The molecule has 1 radical (unpaired) electrons. The minimum atomic E-state index is 1.26. The third kappa shape index (κ3) is 2.37. The van der Waals surface area contributed by atoms with Crippen LogP contribution in [0.4, 0.5) is 0 Å². The van der Waals surface area contributed by atoms with Crippen LogP contribution in [0.25, 0.3) is 22.3 Å². The predicted molar refractivity (Wildman–Crippen MR) is 85.6 cm³/mol. The van der Waals surface area contributed by atoms with Gasteiger partial charge in [-0.2, -0.15) is 0 Å². The van der Waals surface area contributed by atoms with Crippen molar-refractivity contribution in [1.29, 1.82) is 0 Å². The molecular weight excluding hydrogens is 240 g/mol. The van der Waals surface area contributed by atoms with Crippen LogP contribution in [0.3, 0.4) is 0 Å².